The van der Waals surface area contributed by atoms with Crippen LogP contribution in [0.15, 0.2) is 0 Å². The molecule has 0 saturated carbocycles. The minimum Gasteiger partial charge on any atom is -0.481 e. The molecule has 0 aromatic heterocycles. The molecular formula is C13H21N3O4. The molecule has 2 amide bonds. The Kier molecular flexibility index (Phi) is 6.81. The highest BCUT2D eigenvalue weighted by molar-refractivity contribution is 5.74. The number of nitriles is 1. The van der Waals surface area contributed by atoms with Crippen molar-refractivity contribution in [1.82, 2.24) is 10.2 Å². The molecule has 1 aliphatic heterocycles. The number of carboxylic acid groups (broad SMARTS) is 1. The summed E-state index contributed by atoms with van der Waals surface area (Å²) in [5.74, 6) is -0.542. The van der Waals surface area contributed by atoms with E-state index in [4.69, 9.17) is 15.1 Å². The van der Waals surface area contributed by atoms with Gasteiger partial charge in [0.2, 0.25) is 0 Å². The third-order valence-electron chi connectivity index (χ3n) is 3.26. The van der Waals surface area contributed by atoms with Crippen LogP contribution in [-0.4, -0.2) is 54.4 Å². The number of urea groups is 1. The fourth-order valence-electron chi connectivity index (χ4n) is 1.96. The summed E-state index contributed by atoms with van der Waals surface area (Å²) in [6.07, 6.45) is 0.955. The van der Waals surface area contributed by atoms with Crippen LogP contribution in [0.3, 0.4) is 0 Å². The SMILES string of the molecule is CC(CCNC(=O)N1CCOC(C#N)C1)CCC(=O)O. The standard InChI is InChI=1S/C13H21N3O4/c1-10(2-3-12(17)18)4-5-15-13(19)16-6-7-20-11(8-14)9-16/h10-11H,2-7,9H2,1H3,(H,15,19)(H,17,18). The Morgan fingerprint density at radius 2 is 2.30 bits per heavy atom. The second-order valence-corrected chi connectivity index (χ2v) is 4.99. The maximum atomic E-state index is 11.9. The van der Waals surface area contributed by atoms with E-state index in [2.05, 4.69) is 5.32 Å². The van der Waals surface area contributed by atoms with Crippen molar-refractivity contribution in [1.29, 1.82) is 5.26 Å². The van der Waals surface area contributed by atoms with Gasteiger partial charge in [0.1, 0.15) is 0 Å². The van der Waals surface area contributed by atoms with Gasteiger partial charge in [-0.2, -0.15) is 5.26 Å². The van der Waals surface area contributed by atoms with Crippen molar-refractivity contribution in [2.45, 2.75) is 32.3 Å². The van der Waals surface area contributed by atoms with E-state index in [-0.39, 0.29) is 24.9 Å². The minimum absolute atomic E-state index is 0.155. The Hall–Kier alpha value is -1.81. The van der Waals surface area contributed by atoms with E-state index < -0.39 is 12.1 Å². The lowest BCUT2D eigenvalue weighted by Crippen LogP contribution is -2.49. The Morgan fingerprint density at radius 3 is 2.95 bits per heavy atom. The molecule has 7 nitrogen and oxygen atoms in total. The average molecular weight is 283 g/mol. The van der Waals surface area contributed by atoms with Crippen LogP contribution in [0.25, 0.3) is 0 Å². The van der Waals surface area contributed by atoms with Gasteiger partial charge in [-0.1, -0.05) is 6.92 Å². The summed E-state index contributed by atoms with van der Waals surface area (Å²) >= 11 is 0. The van der Waals surface area contributed by atoms with E-state index in [9.17, 15) is 9.59 Å². The Morgan fingerprint density at radius 1 is 1.55 bits per heavy atom. The first-order valence-electron chi connectivity index (χ1n) is 6.78. The van der Waals surface area contributed by atoms with Crippen molar-refractivity contribution in [3.05, 3.63) is 0 Å². The number of carbonyl (C=O) groups is 2. The van der Waals surface area contributed by atoms with Gasteiger partial charge in [0.05, 0.1) is 19.2 Å². The first-order chi connectivity index (χ1) is 9.52. The maximum Gasteiger partial charge on any atom is 0.317 e. The van der Waals surface area contributed by atoms with Gasteiger partial charge in [0, 0.05) is 19.5 Å². The molecule has 2 N–H and O–H groups in total. The number of carboxylic acids is 1. The highest BCUT2D eigenvalue weighted by Crippen LogP contribution is 2.09. The number of rotatable bonds is 6. The molecule has 1 rings (SSSR count). The van der Waals surface area contributed by atoms with Gasteiger partial charge in [-0.05, 0) is 18.8 Å². The van der Waals surface area contributed by atoms with Crippen LogP contribution in [0.1, 0.15) is 26.2 Å². The largest absolute Gasteiger partial charge is 0.481 e. The Labute approximate surface area is 118 Å². The number of carbonyl (C=O) groups excluding carboxylic acids is 1. The molecule has 1 aliphatic rings. The fourth-order valence-corrected chi connectivity index (χ4v) is 1.96. The number of hydrogen-bond acceptors (Lipinski definition) is 4. The summed E-state index contributed by atoms with van der Waals surface area (Å²) in [6, 6.07) is 1.80. The maximum absolute atomic E-state index is 11.9. The molecule has 1 fully saturated rings. The molecule has 1 heterocycles. The van der Waals surface area contributed by atoms with Crippen LogP contribution in [0.4, 0.5) is 4.79 Å². The molecular weight excluding hydrogens is 262 g/mol. The second-order valence-electron chi connectivity index (χ2n) is 4.99. The number of morpholine rings is 1. The normalized spacial score (nSPS) is 20.0. The van der Waals surface area contributed by atoms with Gasteiger partial charge in [0.25, 0.3) is 0 Å². The smallest absolute Gasteiger partial charge is 0.317 e. The first-order valence-corrected chi connectivity index (χ1v) is 6.78. The zero-order valence-electron chi connectivity index (χ0n) is 11.7. The molecule has 0 spiro atoms. The van der Waals surface area contributed by atoms with Crippen LogP contribution in [-0.2, 0) is 9.53 Å². The zero-order valence-corrected chi connectivity index (χ0v) is 11.7. The Balaban J connectivity index is 2.19. The lowest BCUT2D eigenvalue weighted by Gasteiger charge is -2.29. The highest BCUT2D eigenvalue weighted by atomic mass is 16.5. The van der Waals surface area contributed by atoms with Crippen molar-refractivity contribution >= 4 is 12.0 Å². The number of amides is 2. The van der Waals surface area contributed by atoms with Gasteiger partial charge in [-0.3, -0.25) is 4.79 Å². The molecule has 1 saturated heterocycles. The third-order valence-corrected chi connectivity index (χ3v) is 3.26. The van der Waals surface area contributed by atoms with Gasteiger partial charge >= 0.3 is 12.0 Å². The summed E-state index contributed by atoms with van der Waals surface area (Å²) in [7, 11) is 0. The average Bonchev–Trinajstić information content (AvgIpc) is 2.45. The quantitative estimate of drug-likeness (QED) is 0.751. The van der Waals surface area contributed by atoms with Gasteiger partial charge in [-0.25, -0.2) is 4.79 Å². The monoisotopic (exact) mass is 283 g/mol. The predicted molar refractivity (Wildman–Crippen MR) is 71.0 cm³/mol. The van der Waals surface area contributed by atoms with Gasteiger partial charge < -0.3 is 20.1 Å². The highest BCUT2D eigenvalue weighted by Gasteiger charge is 2.23. The molecule has 20 heavy (non-hydrogen) atoms. The van der Waals surface area contributed by atoms with E-state index in [1.165, 1.54) is 0 Å². The van der Waals surface area contributed by atoms with E-state index >= 15 is 0 Å². The summed E-state index contributed by atoms with van der Waals surface area (Å²) in [5, 5.41) is 20.1. The number of nitrogens with zero attached hydrogens (tertiary/aromatic N) is 2. The van der Waals surface area contributed by atoms with E-state index in [1.54, 1.807) is 4.90 Å². The molecule has 0 aromatic rings. The zero-order chi connectivity index (χ0) is 15.0. The molecule has 7 heteroatoms. The third kappa shape index (κ3) is 5.89. The molecule has 0 aliphatic carbocycles. The minimum atomic E-state index is -0.795. The van der Waals surface area contributed by atoms with E-state index in [0.29, 0.717) is 26.1 Å². The summed E-state index contributed by atoms with van der Waals surface area (Å²) in [4.78, 5) is 23.9. The molecule has 0 aromatic carbocycles. The van der Waals surface area contributed by atoms with E-state index in [1.807, 2.05) is 13.0 Å². The van der Waals surface area contributed by atoms with E-state index in [0.717, 1.165) is 6.42 Å². The molecule has 0 bridgehead atoms. The number of hydrogen-bond donors (Lipinski definition) is 2. The molecule has 2 unspecified atom stereocenters. The Bertz CT molecular complexity index is 380. The lowest BCUT2D eigenvalue weighted by atomic mass is 10.0. The second kappa shape index (κ2) is 8.38. The molecule has 2 atom stereocenters. The number of ether oxygens (including phenoxy) is 1. The molecule has 112 valence electrons. The van der Waals surface area contributed by atoms with Crippen molar-refractivity contribution in [2.75, 3.05) is 26.2 Å². The summed E-state index contributed by atoms with van der Waals surface area (Å²) in [5.41, 5.74) is 0. The van der Waals surface area contributed by atoms with Crippen LogP contribution < -0.4 is 5.32 Å². The topological polar surface area (TPSA) is 103 Å². The van der Waals surface area contributed by atoms with Crippen LogP contribution >= 0.6 is 0 Å². The predicted octanol–water partition coefficient (Wildman–Crippen LogP) is 0.811. The number of nitrogens with one attached hydrogen (secondary N) is 1. The summed E-state index contributed by atoms with van der Waals surface area (Å²) < 4.78 is 5.17. The van der Waals surface area contributed by atoms with Crippen molar-refractivity contribution in [3.63, 3.8) is 0 Å². The number of aliphatic carboxylic acids is 1. The van der Waals surface area contributed by atoms with Crippen LogP contribution in [0.2, 0.25) is 0 Å². The van der Waals surface area contributed by atoms with Crippen LogP contribution in [0, 0.1) is 17.2 Å². The molecule has 0 radical (unpaired) electrons. The van der Waals surface area contributed by atoms with Gasteiger partial charge in [0.15, 0.2) is 6.10 Å². The van der Waals surface area contributed by atoms with Crippen LogP contribution in [0.5, 0.6) is 0 Å². The van der Waals surface area contributed by atoms with Crippen molar-refractivity contribution in [2.24, 2.45) is 5.92 Å². The van der Waals surface area contributed by atoms with Crippen molar-refractivity contribution < 1.29 is 19.4 Å². The lowest BCUT2D eigenvalue weighted by molar-refractivity contribution is -0.137. The first kappa shape index (κ1) is 16.2. The summed E-state index contributed by atoms with van der Waals surface area (Å²) in [6.45, 7) is 3.62. The fraction of sp³-hybridized carbons (Fsp3) is 0.769. The van der Waals surface area contributed by atoms with Crippen molar-refractivity contribution in [3.8, 4) is 6.07 Å². The van der Waals surface area contributed by atoms with Gasteiger partial charge in [-0.15, -0.1) is 0 Å².